The van der Waals surface area contributed by atoms with Gasteiger partial charge in [-0.2, -0.15) is 0 Å². The average Bonchev–Trinajstić information content (AvgIpc) is 2.37. The first-order valence-electron chi connectivity index (χ1n) is 4.28. The van der Waals surface area contributed by atoms with E-state index in [4.69, 9.17) is 4.74 Å². The zero-order valence-corrected chi connectivity index (χ0v) is 7.18. The molecule has 2 nitrogen and oxygen atoms in total. The zero-order valence-electron chi connectivity index (χ0n) is 7.18. The minimum Gasteiger partial charge on any atom is -0.378 e. The Bertz CT molecular complexity index is 125. The number of hydrogen-bond acceptors (Lipinski definition) is 2. The van der Waals surface area contributed by atoms with E-state index in [0.29, 0.717) is 12.0 Å². The van der Waals surface area contributed by atoms with Crippen LogP contribution in [0, 0.1) is 5.92 Å². The SMILES string of the molecule is C=CCNCC1CCOC1C. The molecule has 0 aromatic rings. The fourth-order valence-electron chi connectivity index (χ4n) is 1.41. The maximum atomic E-state index is 5.43. The second-order valence-corrected chi connectivity index (χ2v) is 3.07. The van der Waals surface area contributed by atoms with Gasteiger partial charge in [0, 0.05) is 19.7 Å². The van der Waals surface area contributed by atoms with E-state index in [1.54, 1.807) is 0 Å². The van der Waals surface area contributed by atoms with E-state index in [0.717, 1.165) is 19.7 Å². The summed E-state index contributed by atoms with van der Waals surface area (Å²) >= 11 is 0. The fraction of sp³-hybridized carbons (Fsp3) is 0.778. The molecule has 1 heterocycles. The summed E-state index contributed by atoms with van der Waals surface area (Å²) in [6.45, 7) is 8.70. The molecule has 1 saturated heterocycles. The topological polar surface area (TPSA) is 21.3 Å². The first-order valence-corrected chi connectivity index (χ1v) is 4.28. The fourth-order valence-corrected chi connectivity index (χ4v) is 1.41. The molecule has 11 heavy (non-hydrogen) atoms. The highest BCUT2D eigenvalue weighted by Crippen LogP contribution is 2.18. The monoisotopic (exact) mass is 155 g/mol. The van der Waals surface area contributed by atoms with Gasteiger partial charge in [-0.25, -0.2) is 0 Å². The number of hydrogen-bond donors (Lipinski definition) is 1. The van der Waals surface area contributed by atoms with Crippen molar-refractivity contribution in [1.29, 1.82) is 0 Å². The van der Waals surface area contributed by atoms with Crippen molar-refractivity contribution in [2.75, 3.05) is 19.7 Å². The number of nitrogens with one attached hydrogen (secondary N) is 1. The van der Waals surface area contributed by atoms with Crippen LogP contribution in [0.3, 0.4) is 0 Å². The molecule has 2 heteroatoms. The van der Waals surface area contributed by atoms with Crippen LogP contribution in [0.5, 0.6) is 0 Å². The third-order valence-electron chi connectivity index (χ3n) is 2.23. The van der Waals surface area contributed by atoms with Crippen molar-refractivity contribution in [3.8, 4) is 0 Å². The molecule has 0 bridgehead atoms. The van der Waals surface area contributed by atoms with Crippen LogP contribution in [0.2, 0.25) is 0 Å². The highest BCUT2D eigenvalue weighted by atomic mass is 16.5. The molecule has 0 amide bonds. The summed E-state index contributed by atoms with van der Waals surface area (Å²) in [6.07, 6.45) is 3.53. The second kappa shape index (κ2) is 4.52. The van der Waals surface area contributed by atoms with Gasteiger partial charge in [-0.15, -0.1) is 6.58 Å². The first-order chi connectivity index (χ1) is 5.34. The Morgan fingerprint density at radius 2 is 2.55 bits per heavy atom. The molecule has 0 spiro atoms. The minimum absolute atomic E-state index is 0.437. The van der Waals surface area contributed by atoms with Gasteiger partial charge in [0.2, 0.25) is 0 Å². The minimum atomic E-state index is 0.437. The smallest absolute Gasteiger partial charge is 0.0588 e. The molecular formula is C9H17NO. The molecule has 0 saturated carbocycles. The first kappa shape index (κ1) is 8.75. The maximum absolute atomic E-state index is 5.43. The van der Waals surface area contributed by atoms with Gasteiger partial charge >= 0.3 is 0 Å². The highest BCUT2D eigenvalue weighted by molar-refractivity contribution is 4.77. The molecule has 0 radical (unpaired) electrons. The van der Waals surface area contributed by atoms with Crippen LogP contribution in [-0.4, -0.2) is 25.8 Å². The van der Waals surface area contributed by atoms with Crippen molar-refractivity contribution in [3.63, 3.8) is 0 Å². The molecule has 0 aromatic carbocycles. The van der Waals surface area contributed by atoms with Crippen molar-refractivity contribution in [3.05, 3.63) is 12.7 Å². The lowest BCUT2D eigenvalue weighted by molar-refractivity contribution is 0.106. The summed E-state index contributed by atoms with van der Waals surface area (Å²) in [4.78, 5) is 0. The maximum Gasteiger partial charge on any atom is 0.0588 e. The predicted octanol–water partition coefficient (Wildman–Crippen LogP) is 1.19. The van der Waals surface area contributed by atoms with E-state index in [1.165, 1.54) is 6.42 Å². The van der Waals surface area contributed by atoms with Crippen LogP contribution in [0.25, 0.3) is 0 Å². The van der Waals surface area contributed by atoms with E-state index < -0.39 is 0 Å². The van der Waals surface area contributed by atoms with Crippen LogP contribution in [-0.2, 0) is 4.74 Å². The molecule has 1 aliphatic heterocycles. The summed E-state index contributed by atoms with van der Waals surface area (Å²) in [5.74, 6) is 0.704. The van der Waals surface area contributed by atoms with E-state index in [2.05, 4.69) is 18.8 Å². The van der Waals surface area contributed by atoms with Crippen LogP contribution < -0.4 is 5.32 Å². The molecule has 2 atom stereocenters. The van der Waals surface area contributed by atoms with Gasteiger partial charge in [-0.05, 0) is 19.3 Å². The summed E-state index contributed by atoms with van der Waals surface area (Å²) in [5, 5.41) is 3.31. The Labute approximate surface area is 68.6 Å². The van der Waals surface area contributed by atoms with Gasteiger partial charge in [0.1, 0.15) is 0 Å². The van der Waals surface area contributed by atoms with Crippen molar-refractivity contribution >= 4 is 0 Å². The zero-order chi connectivity index (χ0) is 8.10. The molecule has 64 valence electrons. The van der Waals surface area contributed by atoms with Crippen LogP contribution >= 0.6 is 0 Å². The van der Waals surface area contributed by atoms with Gasteiger partial charge in [-0.1, -0.05) is 6.08 Å². The number of rotatable bonds is 4. The Kier molecular flexibility index (Phi) is 3.60. The number of ether oxygens (including phenoxy) is 1. The molecule has 0 aromatic heterocycles. The lowest BCUT2D eigenvalue weighted by Gasteiger charge is -2.13. The van der Waals surface area contributed by atoms with Crippen LogP contribution in [0.1, 0.15) is 13.3 Å². The predicted molar refractivity (Wildman–Crippen MR) is 46.6 cm³/mol. The summed E-state index contributed by atoms with van der Waals surface area (Å²) in [6, 6.07) is 0. The Morgan fingerprint density at radius 1 is 1.73 bits per heavy atom. The Morgan fingerprint density at radius 3 is 3.09 bits per heavy atom. The van der Waals surface area contributed by atoms with E-state index >= 15 is 0 Å². The van der Waals surface area contributed by atoms with Gasteiger partial charge in [-0.3, -0.25) is 0 Å². The standard InChI is InChI=1S/C9H17NO/c1-3-5-10-7-9-4-6-11-8(9)2/h3,8-10H,1,4-7H2,2H3. The molecule has 1 fully saturated rings. The second-order valence-electron chi connectivity index (χ2n) is 3.07. The third kappa shape index (κ3) is 2.64. The molecule has 0 aliphatic carbocycles. The Hall–Kier alpha value is -0.340. The van der Waals surface area contributed by atoms with Crippen LogP contribution in [0.15, 0.2) is 12.7 Å². The lowest BCUT2D eigenvalue weighted by atomic mass is 10.0. The van der Waals surface area contributed by atoms with Crippen molar-refractivity contribution in [1.82, 2.24) is 5.32 Å². The van der Waals surface area contributed by atoms with Crippen molar-refractivity contribution in [2.45, 2.75) is 19.4 Å². The normalized spacial score (nSPS) is 30.6. The quantitative estimate of drug-likeness (QED) is 0.486. The molecule has 1 aliphatic rings. The van der Waals surface area contributed by atoms with E-state index in [-0.39, 0.29) is 0 Å². The van der Waals surface area contributed by atoms with E-state index in [9.17, 15) is 0 Å². The van der Waals surface area contributed by atoms with Gasteiger partial charge in [0.25, 0.3) is 0 Å². The highest BCUT2D eigenvalue weighted by Gasteiger charge is 2.22. The molecule has 2 unspecified atom stereocenters. The van der Waals surface area contributed by atoms with Gasteiger partial charge < -0.3 is 10.1 Å². The average molecular weight is 155 g/mol. The van der Waals surface area contributed by atoms with Crippen molar-refractivity contribution in [2.24, 2.45) is 5.92 Å². The molecule has 1 N–H and O–H groups in total. The van der Waals surface area contributed by atoms with E-state index in [1.807, 2.05) is 6.08 Å². The van der Waals surface area contributed by atoms with Crippen LogP contribution in [0.4, 0.5) is 0 Å². The van der Waals surface area contributed by atoms with Gasteiger partial charge in [0.15, 0.2) is 0 Å². The van der Waals surface area contributed by atoms with Crippen molar-refractivity contribution < 1.29 is 4.74 Å². The van der Waals surface area contributed by atoms with Gasteiger partial charge in [0.05, 0.1) is 6.10 Å². The summed E-state index contributed by atoms with van der Waals surface area (Å²) in [7, 11) is 0. The Balaban J connectivity index is 2.10. The summed E-state index contributed by atoms with van der Waals surface area (Å²) in [5.41, 5.74) is 0. The third-order valence-corrected chi connectivity index (χ3v) is 2.23. The summed E-state index contributed by atoms with van der Waals surface area (Å²) < 4.78 is 5.43. The lowest BCUT2D eigenvalue weighted by Crippen LogP contribution is -2.26. The molecule has 1 rings (SSSR count). The largest absolute Gasteiger partial charge is 0.378 e. The molecular weight excluding hydrogens is 138 g/mol.